The quantitative estimate of drug-likeness (QED) is 0.861. The van der Waals surface area contributed by atoms with Crippen LogP contribution in [0.3, 0.4) is 0 Å². The molecule has 19 heavy (non-hydrogen) atoms. The van der Waals surface area contributed by atoms with Crippen LogP contribution in [0.5, 0.6) is 5.75 Å². The molecular formula is C13H14N2O4. The number of aromatic carboxylic acids is 1. The fraction of sp³-hybridized carbons (Fsp3) is 0.231. The molecule has 0 fully saturated rings. The molecule has 0 amide bonds. The number of ether oxygens (including phenoxy) is 1. The average molecular weight is 262 g/mol. The van der Waals surface area contributed by atoms with Crippen LogP contribution in [-0.2, 0) is 0 Å². The van der Waals surface area contributed by atoms with Gasteiger partial charge in [-0.2, -0.15) is 4.98 Å². The third kappa shape index (κ3) is 2.67. The molecule has 1 aromatic heterocycles. The molecule has 0 spiro atoms. The van der Waals surface area contributed by atoms with Crippen LogP contribution >= 0.6 is 0 Å². The molecule has 100 valence electrons. The zero-order chi connectivity index (χ0) is 13.8. The van der Waals surface area contributed by atoms with E-state index in [1.54, 1.807) is 31.3 Å². The Kier molecular flexibility index (Phi) is 3.70. The average Bonchev–Trinajstić information content (AvgIpc) is 2.84. The minimum absolute atomic E-state index is 0.168. The Labute approximate surface area is 110 Å². The van der Waals surface area contributed by atoms with Gasteiger partial charge in [0.25, 0.3) is 6.01 Å². The molecule has 2 rings (SSSR count). The number of carboxylic acid groups (broad SMARTS) is 1. The van der Waals surface area contributed by atoms with Crippen molar-refractivity contribution in [2.24, 2.45) is 0 Å². The standard InChI is InChI=1S/C13H14N2O4/c1-3-18-9-6-4-8(5-7-9)10-11(12(16)17)19-13(14-2)15-10/h4-7H,3H2,1-2H3,(H,14,15)(H,16,17). The highest BCUT2D eigenvalue weighted by molar-refractivity contribution is 5.92. The molecule has 0 aliphatic rings. The van der Waals surface area contributed by atoms with Gasteiger partial charge in [-0.05, 0) is 31.2 Å². The van der Waals surface area contributed by atoms with Gasteiger partial charge in [-0.15, -0.1) is 0 Å². The van der Waals surface area contributed by atoms with Gasteiger partial charge in [0.1, 0.15) is 11.4 Å². The van der Waals surface area contributed by atoms with Gasteiger partial charge < -0.3 is 19.6 Å². The smallest absolute Gasteiger partial charge is 0.374 e. The Hall–Kier alpha value is -2.50. The molecule has 0 saturated heterocycles. The molecule has 6 nitrogen and oxygen atoms in total. The van der Waals surface area contributed by atoms with E-state index in [2.05, 4.69) is 10.3 Å². The lowest BCUT2D eigenvalue weighted by atomic mass is 10.1. The van der Waals surface area contributed by atoms with Crippen LogP contribution in [0.4, 0.5) is 6.01 Å². The lowest BCUT2D eigenvalue weighted by molar-refractivity contribution is 0.0665. The fourth-order valence-electron chi connectivity index (χ4n) is 1.64. The first-order valence-electron chi connectivity index (χ1n) is 5.80. The summed E-state index contributed by atoms with van der Waals surface area (Å²) in [4.78, 5) is 15.2. The number of oxazole rings is 1. The molecule has 0 radical (unpaired) electrons. The van der Waals surface area contributed by atoms with Crippen molar-refractivity contribution >= 4 is 12.0 Å². The second kappa shape index (κ2) is 5.43. The van der Waals surface area contributed by atoms with Crippen LogP contribution in [0.1, 0.15) is 17.5 Å². The van der Waals surface area contributed by atoms with Crippen molar-refractivity contribution in [3.8, 4) is 17.0 Å². The number of carboxylic acids is 1. The summed E-state index contributed by atoms with van der Waals surface area (Å²) >= 11 is 0. The Balaban J connectivity index is 2.39. The molecule has 0 atom stereocenters. The van der Waals surface area contributed by atoms with E-state index in [1.807, 2.05) is 6.92 Å². The van der Waals surface area contributed by atoms with Gasteiger partial charge in [-0.25, -0.2) is 4.79 Å². The third-order valence-electron chi connectivity index (χ3n) is 2.47. The molecule has 2 aromatic rings. The highest BCUT2D eigenvalue weighted by Gasteiger charge is 2.20. The minimum Gasteiger partial charge on any atom is -0.494 e. The van der Waals surface area contributed by atoms with Gasteiger partial charge in [0.05, 0.1) is 6.61 Å². The summed E-state index contributed by atoms with van der Waals surface area (Å²) in [6, 6.07) is 7.18. The number of hydrogen-bond donors (Lipinski definition) is 2. The number of benzene rings is 1. The minimum atomic E-state index is -1.15. The van der Waals surface area contributed by atoms with E-state index in [0.29, 0.717) is 17.9 Å². The number of anilines is 1. The van der Waals surface area contributed by atoms with Crippen molar-refractivity contribution in [3.63, 3.8) is 0 Å². The fourth-order valence-corrected chi connectivity index (χ4v) is 1.64. The third-order valence-corrected chi connectivity index (χ3v) is 2.47. The number of aromatic nitrogens is 1. The first kappa shape index (κ1) is 12.9. The molecule has 1 heterocycles. The molecular weight excluding hydrogens is 248 g/mol. The number of rotatable bonds is 5. The summed E-state index contributed by atoms with van der Waals surface area (Å²) in [6.07, 6.45) is 0. The second-order valence-corrected chi connectivity index (χ2v) is 3.71. The zero-order valence-corrected chi connectivity index (χ0v) is 10.6. The van der Waals surface area contributed by atoms with Crippen LogP contribution in [0.15, 0.2) is 28.7 Å². The first-order chi connectivity index (χ1) is 9.15. The molecule has 1 aromatic carbocycles. The highest BCUT2D eigenvalue weighted by atomic mass is 16.5. The highest BCUT2D eigenvalue weighted by Crippen LogP contribution is 2.27. The SMILES string of the molecule is CCOc1ccc(-c2nc(NC)oc2C(=O)O)cc1. The Bertz CT molecular complexity index is 575. The number of hydrogen-bond acceptors (Lipinski definition) is 5. The topological polar surface area (TPSA) is 84.6 Å². The number of carbonyl (C=O) groups is 1. The van der Waals surface area contributed by atoms with Gasteiger partial charge in [-0.1, -0.05) is 0 Å². The van der Waals surface area contributed by atoms with E-state index < -0.39 is 5.97 Å². The van der Waals surface area contributed by atoms with Crippen molar-refractivity contribution < 1.29 is 19.1 Å². The van der Waals surface area contributed by atoms with Gasteiger partial charge in [-0.3, -0.25) is 0 Å². The Morgan fingerprint density at radius 1 is 1.42 bits per heavy atom. The number of nitrogens with one attached hydrogen (secondary N) is 1. The maximum absolute atomic E-state index is 11.1. The summed E-state index contributed by atoms with van der Waals surface area (Å²) in [5.41, 5.74) is 0.950. The van der Waals surface area contributed by atoms with Crippen molar-refractivity contribution in [3.05, 3.63) is 30.0 Å². The van der Waals surface area contributed by atoms with Gasteiger partial charge in [0, 0.05) is 12.6 Å². The normalized spacial score (nSPS) is 10.2. The monoisotopic (exact) mass is 262 g/mol. The van der Waals surface area contributed by atoms with E-state index in [-0.39, 0.29) is 11.8 Å². The predicted molar refractivity (Wildman–Crippen MR) is 69.6 cm³/mol. The Morgan fingerprint density at radius 3 is 2.63 bits per heavy atom. The maximum Gasteiger partial charge on any atom is 0.374 e. The summed E-state index contributed by atoms with van der Waals surface area (Å²) in [7, 11) is 1.61. The van der Waals surface area contributed by atoms with E-state index in [9.17, 15) is 4.79 Å². The van der Waals surface area contributed by atoms with Crippen LogP contribution < -0.4 is 10.1 Å². The summed E-state index contributed by atoms with van der Waals surface area (Å²) in [6.45, 7) is 2.47. The lowest BCUT2D eigenvalue weighted by Crippen LogP contribution is -1.97. The summed E-state index contributed by atoms with van der Waals surface area (Å²) < 4.78 is 10.4. The second-order valence-electron chi connectivity index (χ2n) is 3.71. The van der Waals surface area contributed by atoms with Crippen molar-refractivity contribution in [1.82, 2.24) is 4.98 Å². The molecule has 2 N–H and O–H groups in total. The largest absolute Gasteiger partial charge is 0.494 e. The number of nitrogens with zero attached hydrogens (tertiary/aromatic N) is 1. The van der Waals surface area contributed by atoms with E-state index in [4.69, 9.17) is 14.3 Å². The van der Waals surface area contributed by atoms with Crippen LogP contribution in [0.2, 0.25) is 0 Å². The van der Waals surface area contributed by atoms with E-state index in [1.165, 1.54) is 0 Å². The van der Waals surface area contributed by atoms with E-state index >= 15 is 0 Å². The summed E-state index contributed by atoms with van der Waals surface area (Å²) in [5.74, 6) is -0.619. The Morgan fingerprint density at radius 2 is 2.11 bits per heavy atom. The molecule has 0 saturated carbocycles. The summed E-state index contributed by atoms with van der Waals surface area (Å²) in [5, 5.41) is 11.8. The molecule has 0 aliphatic heterocycles. The van der Waals surface area contributed by atoms with Crippen molar-refractivity contribution in [2.75, 3.05) is 19.0 Å². The molecule has 6 heteroatoms. The zero-order valence-electron chi connectivity index (χ0n) is 10.6. The predicted octanol–water partition coefficient (Wildman–Crippen LogP) is 2.48. The van der Waals surface area contributed by atoms with Crippen molar-refractivity contribution in [1.29, 1.82) is 0 Å². The molecule has 0 bridgehead atoms. The van der Waals surface area contributed by atoms with Gasteiger partial charge in [0.2, 0.25) is 5.76 Å². The van der Waals surface area contributed by atoms with Crippen LogP contribution in [-0.4, -0.2) is 29.7 Å². The molecule has 0 unspecified atom stereocenters. The maximum atomic E-state index is 11.1. The van der Waals surface area contributed by atoms with Gasteiger partial charge >= 0.3 is 5.97 Å². The van der Waals surface area contributed by atoms with E-state index in [0.717, 1.165) is 5.75 Å². The first-order valence-corrected chi connectivity index (χ1v) is 5.80. The molecule has 0 aliphatic carbocycles. The lowest BCUT2D eigenvalue weighted by Gasteiger charge is -2.03. The van der Waals surface area contributed by atoms with Gasteiger partial charge in [0.15, 0.2) is 0 Å². The van der Waals surface area contributed by atoms with Crippen molar-refractivity contribution in [2.45, 2.75) is 6.92 Å². The van der Waals surface area contributed by atoms with Crippen LogP contribution in [0, 0.1) is 0 Å². The van der Waals surface area contributed by atoms with Crippen LogP contribution in [0.25, 0.3) is 11.3 Å².